The van der Waals surface area contributed by atoms with Gasteiger partial charge in [-0.05, 0) is 60.8 Å². The summed E-state index contributed by atoms with van der Waals surface area (Å²) in [5.74, 6) is 4.07. The molecule has 2 bridgehead atoms. The number of rotatable bonds is 11. The highest BCUT2D eigenvalue weighted by molar-refractivity contribution is 7.85. The van der Waals surface area contributed by atoms with Crippen molar-refractivity contribution in [1.29, 1.82) is 0 Å². The first kappa shape index (κ1) is 24.6. The maximum atomic E-state index is 11.4. The Labute approximate surface area is 212 Å². The van der Waals surface area contributed by atoms with E-state index in [1.807, 2.05) is 42.5 Å². The van der Waals surface area contributed by atoms with Crippen molar-refractivity contribution in [1.82, 2.24) is 4.98 Å². The molecular weight excluding hydrogens is 480 g/mol. The Morgan fingerprint density at radius 3 is 2.61 bits per heavy atom. The van der Waals surface area contributed by atoms with Crippen LogP contribution in [0.1, 0.15) is 24.8 Å². The molecule has 0 saturated heterocycles. The number of nitrogens with zero attached hydrogens (tertiary/aromatic N) is 1. The molecule has 2 aromatic carbocycles. The normalized spacial score (nSPS) is 22.8. The van der Waals surface area contributed by atoms with Crippen LogP contribution >= 0.6 is 0 Å². The standard InChI is InChI=1S/C27H32N2O6S/c1-32-21-8-7-18(25(11-21)33-2)15-29-26-23-5-4-6-24(22(23)9-10-28-26)34-16-20-14-27(12-19(20)13-27)17-35-36(3,30)31/h4-11,19-20H,12-17H2,1-3H3,(H,28,29). The van der Waals surface area contributed by atoms with Gasteiger partial charge in [-0.2, -0.15) is 8.42 Å². The lowest BCUT2D eigenvalue weighted by Gasteiger charge is -2.37. The molecule has 3 saturated carbocycles. The zero-order valence-electron chi connectivity index (χ0n) is 20.8. The highest BCUT2D eigenvalue weighted by atomic mass is 32.2. The molecule has 1 heterocycles. The molecule has 9 heteroatoms. The number of hydrogen-bond donors (Lipinski definition) is 1. The minimum atomic E-state index is -3.41. The predicted octanol–water partition coefficient (Wildman–Crippen LogP) is 4.64. The second-order valence-electron chi connectivity index (χ2n) is 9.95. The van der Waals surface area contributed by atoms with E-state index in [0.717, 1.165) is 64.9 Å². The first-order valence-electron chi connectivity index (χ1n) is 12.1. The van der Waals surface area contributed by atoms with Crippen LogP contribution < -0.4 is 19.5 Å². The maximum absolute atomic E-state index is 11.4. The molecule has 192 valence electrons. The lowest BCUT2D eigenvalue weighted by Crippen LogP contribution is -2.33. The van der Waals surface area contributed by atoms with Crippen LogP contribution in [0.2, 0.25) is 0 Å². The van der Waals surface area contributed by atoms with E-state index in [0.29, 0.717) is 25.0 Å². The Kier molecular flexibility index (Phi) is 6.70. The van der Waals surface area contributed by atoms with Crippen LogP contribution in [0, 0.1) is 17.3 Å². The maximum Gasteiger partial charge on any atom is 0.264 e. The SMILES string of the molecule is COc1ccc(CNc2nccc3c(OCC4CC5(COS(C)(=O)=O)CC4C5)cccc23)c(OC)c1. The summed E-state index contributed by atoms with van der Waals surface area (Å²) in [7, 11) is -0.134. The Morgan fingerprint density at radius 2 is 1.86 bits per heavy atom. The van der Waals surface area contributed by atoms with Crippen LogP contribution in [0.5, 0.6) is 17.2 Å². The smallest absolute Gasteiger partial charge is 0.264 e. The van der Waals surface area contributed by atoms with Crippen molar-refractivity contribution >= 4 is 26.7 Å². The summed E-state index contributed by atoms with van der Waals surface area (Å²) >= 11 is 0. The summed E-state index contributed by atoms with van der Waals surface area (Å²) in [5.41, 5.74) is 0.989. The van der Waals surface area contributed by atoms with Gasteiger partial charge < -0.3 is 19.5 Å². The van der Waals surface area contributed by atoms with E-state index in [1.165, 1.54) is 0 Å². The summed E-state index contributed by atoms with van der Waals surface area (Å²) in [6.07, 6.45) is 5.86. The molecule has 3 aromatic rings. The number of hydrogen-bond acceptors (Lipinski definition) is 8. The number of fused-ring (bicyclic) bond motifs is 2. The zero-order valence-corrected chi connectivity index (χ0v) is 21.6. The predicted molar refractivity (Wildman–Crippen MR) is 138 cm³/mol. The second-order valence-corrected chi connectivity index (χ2v) is 11.6. The number of pyridine rings is 1. The van der Waals surface area contributed by atoms with Crippen molar-refractivity contribution in [2.24, 2.45) is 17.3 Å². The van der Waals surface area contributed by atoms with Gasteiger partial charge in [-0.25, -0.2) is 4.98 Å². The van der Waals surface area contributed by atoms with E-state index in [4.69, 9.17) is 18.4 Å². The van der Waals surface area contributed by atoms with Crippen molar-refractivity contribution in [2.75, 3.05) is 39.0 Å². The van der Waals surface area contributed by atoms with E-state index in [-0.39, 0.29) is 12.0 Å². The third-order valence-electron chi connectivity index (χ3n) is 7.49. The molecule has 0 radical (unpaired) electrons. The minimum absolute atomic E-state index is 0.00987. The monoisotopic (exact) mass is 512 g/mol. The molecule has 1 aromatic heterocycles. The van der Waals surface area contributed by atoms with Crippen LogP contribution in [-0.2, 0) is 20.8 Å². The molecule has 0 aliphatic heterocycles. The number of ether oxygens (including phenoxy) is 3. The van der Waals surface area contributed by atoms with Gasteiger partial charge in [-0.1, -0.05) is 12.1 Å². The third-order valence-corrected chi connectivity index (χ3v) is 8.04. The fraction of sp³-hybridized carbons (Fsp3) is 0.444. The Balaban J connectivity index is 1.26. The molecule has 3 aliphatic rings. The van der Waals surface area contributed by atoms with Gasteiger partial charge in [0.15, 0.2) is 0 Å². The lowest BCUT2D eigenvalue weighted by atomic mass is 9.70. The molecule has 3 fully saturated rings. The van der Waals surface area contributed by atoms with E-state index >= 15 is 0 Å². The van der Waals surface area contributed by atoms with Crippen LogP contribution in [0.4, 0.5) is 5.82 Å². The van der Waals surface area contributed by atoms with E-state index < -0.39 is 10.1 Å². The van der Waals surface area contributed by atoms with Gasteiger partial charge in [0.1, 0.15) is 23.1 Å². The highest BCUT2D eigenvalue weighted by Gasteiger charge is 2.56. The van der Waals surface area contributed by atoms with Crippen molar-refractivity contribution < 1.29 is 26.8 Å². The zero-order chi connectivity index (χ0) is 25.3. The molecule has 0 amide bonds. The summed E-state index contributed by atoms with van der Waals surface area (Å²) in [6.45, 7) is 1.44. The number of benzene rings is 2. The number of nitrogens with one attached hydrogen (secondary N) is 1. The quantitative estimate of drug-likeness (QED) is 0.372. The highest BCUT2D eigenvalue weighted by Crippen LogP contribution is 2.62. The van der Waals surface area contributed by atoms with Crippen molar-refractivity contribution in [3.8, 4) is 17.2 Å². The van der Waals surface area contributed by atoms with Gasteiger partial charge in [0, 0.05) is 35.1 Å². The first-order valence-corrected chi connectivity index (χ1v) is 13.9. The van der Waals surface area contributed by atoms with Crippen LogP contribution in [-0.4, -0.2) is 47.1 Å². The summed E-state index contributed by atoms with van der Waals surface area (Å²) in [6, 6.07) is 13.7. The summed E-state index contributed by atoms with van der Waals surface area (Å²) in [5, 5.41) is 5.41. The second kappa shape index (κ2) is 9.78. The summed E-state index contributed by atoms with van der Waals surface area (Å²) < 4.78 is 45.1. The third kappa shape index (κ3) is 5.08. The summed E-state index contributed by atoms with van der Waals surface area (Å²) in [4.78, 5) is 4.56. The van der Waals surface area contributed by atoms with E-state index in [2.05, 4.69) is 10.3 Å². The number of anilines is 1. The van der Waals surface area contributed by atoms with Gasteiger partial charge in [0.05, 0.1) is 33.7 Å². The van der Waals surface area contributed by atoms with Gasteiger partial charge >= 0.3 is 0 Å². The Bertz CT molecular complexity index is 1350. The first-order chi connectivity index (χ1) is 17.3. The van der Waals surface area contributed by atoms with Crippen molar-refractivity contribution in [3.63, 3.8) is 0 Å². The van der Waals surface area contributed by atoms with E-state index in [9.17, 15) is 8.42 Å². The van der Waals surface area contributed by atoms with Crippen molar-refractivity contribution in [2.45, 2.75) is 25.8 Å². The van der Waals surface area contributed by atoms with Gasteiger partial charge in [-0.15, -0.1) is 0 Å². The minimum Gasteiger partial charge on any atom is -0.497 e. The van der Waals surface area contributed by atoms with Gasteiger partial charge in [-0.3, -0.25) is 4.18 Å². The Morgan fingerprint density at radius 1 is 1.03 bits per heavy atom. The average Bonchev–Trinajstić information content (AvgIpc) is 3.39. The van der Waals surface area contributed by atoms with Crippen LogP contribution in [0.25, 0.3) is 10.8 Å². The van der Waals surface area contributed by atoms with Gasteiger partial charge in [0.25, 0.3) is 10.1 Å². The molecule has 36 heavy (non-hydrogen) atoms. The molecule has 6 rings (SSSR count). The molecule has 8 nitrogen and oxygen atoms in total. The van der Waals surface area contributed by atoms with Gasteiger partial charge in [0.2, 0.25) is 0 Å². The van der Waals surface area contributed by atoms with Crippen LogP contribution in [0.3, 0.4) is 0 Å². The van der Waals surface area contributed by atoms with E-state index in [1.54, 1.807) is 20.4 Å². The topological polar surface area (TPSA) is 96.0 Å². The Hall–Kier alpha value is -3.04. The van der Waals surface area contributed by atoms with Crippen molar-refractivity contribution in [3.05, 3.63) is 54.2 Å². The molecular formula is C27H32N2O6S. The molecule has 1 N–H and O–H groups in total. The lowest BCUT2D eigenvalue weighted by molar-refractivity contribution is 0.0693. The molecule has 0 spiro atoms. The molecule has 3 aliphatic carbocycles. The molecule has 1 unspecified atom stereocenters. The number of methoxy groups -OCH3 is 2. The largest absolute Gasteiger partial charge is 0.497 e. The number of aromatic nitrogens is 1. The fourth-order valence-electron chi connectivity index (χ4n) is 5.70. The molecule has 1 atom stereocenters. The fourth-order valence-corrected chi connectivity index (χ4v) is 6.16. The average molecular weight is 513 g/mol. The van der Waals surface area contributed by atoms with Crippen LogP contribution in [0.15, 0.2) is 48.7 Å².